The number of hydrogen-bond acceptors (Lipinski definition) is 4. The van der Waals surface area contributed by atoms with Crippen LogP contribution in [0, 0.1) is 11.3 Å². The molecule has 1 rings (SSSR count). The number of carbonyl (C=O) groups excluding carboxylic acids is 1. The Kier molecular flexibility index (Phi) is 5.53. The van der Waals surface area contributed by atoms with Crippen LogP contribution in [0.2, 0.25) is 0 Å². The summed E-state index contributed by atoms with van der Waals surface area (Å²) in [6, 6.07) is 8.71. The summed E-state index contributed by atoms with van der Waals surface area (Å²) in [6.07, 6.45) is 0. The van der Waals surface area contributed by atoms with Gasteiger partial charge >= 0.3 is 0 Å². The van der Waals surface area contributed by atoms with E-state index >= 15 is 0 Å². The van der Waals surface area contributed by atoms with Crippen molar-refractivity contribution in [2.75, 3.05) is 17.7 Å². The maximum atomic E-state index is 11.7. The summed E-state index contributed by atoms with van der Waals surface area (Å²) < 4.78 is 0. The average Bonchev–Trinajstić information content (AvgIpc) is 2.36. The average molecular weight is 250 g/mol. The number of nitrogens with zero attached hydrogens (tertiary/aromatic N) is 1. The van der Waals surface area contributed by atoms with Crippen molar-refractivity contribution < 1.29 is 9.90 Å². The number of carbonyl (C=O) groups is 1. The molecule has 2 N–H and O–H groups in total. The number of hydrogen-bond donors (Lipinski definition) is 2. The Labute approximate surface area is 105 Å². The summed E-state index contributed by atoms with van der Waals surface area (Å²) >= 11 is 1.40. The summed E-state index contributed by atoms with van der Waals surface area (Å²) in [5, 5.41) is 19.8. The van der Waals surface area contributed by atoms with E-state index in [-0.39, 0.29) is 17.8 Å². The lowest BCUT2D eigenvalue weighted by Gasteiger charge is -2.11. The molecular formula is C12H14N2O2S. The molecule has 1 atom stereocenters. The normalized spacial score (nSPS) is 11.6. The Morgan fingerprint density at radius 2 is 2.18 bits per heavy atom. The van der Waals surface area contributed by atoms with Crippen LogP contribution in [0.3, 0.4) is 0 Å². The first-order valence-electron chi connectivity index (χ1n) is 5.21. The maximum Gasteiger partial charge on any atom is 0.237 e. The third-order valence-corrected chi connectivity index (χ3v) is 3.24. The van der Waals surface area contributed by atoms with Crippen LogP contribution in [-0.4, -0.2) is 28.6 Å². The fraction of sp³-hybridized carbons (Fsp3) is 0.333. The molecular weight excluding hydrogens is 236 g/mol. The lowest BCUT2D eigenvalue weighted by Crippen LogP contribution is -2.23. The van der Waals surface area contributed by atoms with Crippen LogP contribution in [0.1, 0.15) is 12.5 Å². The Morgan fingerprint density at radius 3 is 2.71 bits per heavy atom. The van der Waals surface area contributed by atoms with Gasteiger partial charge in [-0.3, -0.25) is 4.79 Å². The predicted octanol–water partition coefficient (Wildman–Crippen LogP) is 1.61. The molecule has 0 aliphatic heterocycles. The molecule has 0 aromatic heterocycles. The van der Waals surface area contributed by atoms with E-state index in [2.05, 4.69) is 5.32 Å². The van der Waals surface area contributed by atoms with Crippen molar-refractivity contribution in [3.05, 3.63) is 29.8 Å². The summed E-state index contributed by atoms with van der Waals surface area (Å²) in [5.41, 5.74) is 1.23. The summed E-state index contributed by atoms with van der Waals surface area (Å²) in [5.74, 6) is 0.440. The molecule has 0 aliphatic rings. The molecule has 0 heterocycles. The molecule has 5 heteroatoms. The second-order valence-corrected chi connectivity index (χ2v) is 4.86. The van der Waals surface area contributed by atoms with Gasteiger partial charge in [-0.05, 0) is 31.2 Å². The summed E-state index contributed by atoms with van der Waals surface area (Å²) in [7, 11) is 0. The van der Waals surface area contributed by atoms with Gasteiger partial charge in [0.15, 0.2) is 0 Å². The number of nitrogens with one attached hydrogen (secondary N) is 1. The highest BCUT2D eigenvalue weighted by molar-refractivity contribution is 8.00. The number of aliphatic hydroxyl groups excluding tert-OH is 1. The Bertz CT molecular complexity index is 412. The number of aliphatic hydroxyl groups is 1. The Balaban J connectivity index is 2.52. The van der Waals surface area contributed by atoms with Crippen molar-refractivity contribution in [3.63, 3.8) is 0 Å². The van der Waals surface area contributed by atoms with Crippen LogP contribution in [0.5, 0.6) is 0 Å². The number of rotatable bonds is 5. The zero-order valence-corrected chi connectivity index (χ0v) is 10.3. The van der Waals surface area contributed by atoms with E-state index in [0.29, 0.717) is 17.0 Å². The van der Waals surface area contributed by atoms with Crippen molar-refractivity contribution in [2.45, 2.75) is 12.2 Å². The fourth-order valence-electron chi connectivity index (χ4n) is 1.18. The topological polar surface area (TPSA) is 73.1 Å². The Hall–Kier alpha value is -1.51. The molecule has 0 bridgehead atoms. The monoisotopic (exact) mass is 250 g/mol. The lowest BCUT2D eigenvalue weighted by molar-refractivity contribution is -0.115. The van der Waals surface area contributed by atoms with E-state index in [4.69, 9.17) is 10.4 Å². The van der Waals surface area contributed by atoms with E-state index in [0.717, 1.165) is 0 Å². The largest absolute Gasteiger partial charge is 0.396 e. The smallest absolute Gasteiger partial charge is 0.237 e. The third-order valence-electron chi connectivity index (χ3n) is 2.11. The number of anilines is 1. The minimum atomic E-state index is -0.210. The highest BCUT2D eigenvalue weighted by atomic mass is 32.2. The van der Waals surface area contributed by atoms with Crippen LogP contribution in [0.4, 0.5) is 5.69 Å². The number of benzene rings is 1. The number of amides is 1. The Morgan fingerprint density at radius 1 is 1.53 bits per heavy atom. The van der Waals surface area contributed by atoms with Gasteiger partial charge in [0, 0.05) is 11.4 Å². The highest BCUT2D eigenvalue weighted by Crippen LogP contribution is 2.14. The van der Waals surface area contributed by atoms with Gasteiger partial charge in [-0.15, -0.1) is 11.8 Å². The van der Waals surface area contributed by atoms with Crippen LogP contribution in [0.25, 0.3) is 0 Å². The molecule has 4 nitrogen and oxygen atoms in total. The number of nitriles is 1. The van der Waals surface area contributed by atoms with Crippen molar-refractivity contribution in [2.24, 2.45) is 0 Å². The molecule has 0 unspecified atom stereocenters. The highest BCUT2D eigenvalue weighted by Gasteiger charge is 2.12. The fourth-order valence-corrected chi connectivity index (χ4v) is 1.85. The lowest BCUT2D eigenvalue weighted by atomic mass is 10.2. The van der Waals surface area contributed by atoms with Crippen LogP contribution in [0.15, 0.2) is 24.3 Å². The van der Waals surface area contributed by atoms with Gasteiger partial charge < -0.3 is 10.4 Å². The van der Waals surface area contributed by atoms with Crippen molar-refractivity contribution in [3.8, 4) is 6.07 Å². The molecule has 0 radical (unpaired) electrons. The van der Waals surface area contributed by atoms with Gasteiger partial charge in [-0.1, -0.05) is 0 Å². The van der Waals surface area contributed by atoms with Crippen molar-refractivity contribution in [1.82, 2.24) is 0 Å². The number of thioether (sulfide) groups is 1. The summed E-state index contributed by atoms with van der Waals surface area (Å²) in [4.78, 5) is 11.7. The first-order chi connectivity index (χ1) is 8.17. The maximum absolute atomic E-state index is 11.7. The first-order valence-corrected chi connectivity index (χ1v) is 6.25. The van der Waals surface area contributed by atoms with Crippen molar-refractivity contribution >= 4 is 23.4 Å². The molecule has 1 amide bonds. The van der Waals surface area contributed by atoms with Gasteiger partial charge in [-0.2, -0.15) is 5.26 Å². The van der Waals surface area contributed by atoms with E-state index < -0.39 is 0 Å². The molecule has 0 saturated heterocycles. The zero-order chi connectivity index (χ0) is 12.7. The van der Waals surface area contributed by atoms with Gasteiger partial charge in [0.2, 0.25) is 5.91 Å². The molecule has 1 aromatic rings. The zero-order valence-electron chi connectivity index (χ0n) is 9.51. The van der Waals surface area contributed by atoms with E-state index in [1.54, 1.807) is 31.2 Å². The molecule has 17 heavy (non-hydrogen) atoms. The van der Waals surface area contributed by atoms with E-state index in [1.165, 1.54) is 11.8 Å². The molecule has 90 valence electrons. The van der Waals surface area contributed by atoms with Gasteiger partial charge in [0.05, 0.1) is 23.5 Å². The van der Waals surface area contributed by atoms with Crippen molar-refractivity contribution in [1.29, 1.82) is 5.26 Å². The minimum absolute atomic E-state index is 0.0686. The second-order valence-electron chi connectivity index (χ2n) is 3.42. The molecule has 1 aromatic carbocycles. The molecule has 0 saturated carbocycles. The second kappa shape index (κ2) is 6.94. The van der Waals surface area contributed by atoms with Crippen LogP contribution < -0.4 is 5.32 Å². The molecule has 0 fully saturated rings. The van der Waals surface area contributed by atoms with Crippen LogP contribution in [-0.2, 0) is 4.79 Å². The van der Waals surface area contributed by atoms with E-state index in [9.17, 15) is 4.79 Å². The summed E-state index contributed by atoms with van der Waals surface area (Å²) in [6.45, 7) is 1.86. The van der Waals surface area contributed by atoms with Crippen LogP contribution >= 0.6 is 11.8 Å². The first kappa shape index (κ1) is 13.6. The molecule has 0 spiro atoms. The quantitative estimate of drug-likeness (QED) is 0.832. The SMILES string of the molecule is C[C@H](SCCO)C(=O)Nc1ccc(C#N)cc1. The minimum Gasteiger partial charge on any atom is -0.396 e. The van der Waals surface area contributed by atoms with E-state index in [1.807, 2.05) is 6.07 Å². The standard InChI is InChI=1S/C12H14N2O2S/c1-9(17-7-6-15)12(16)14-11-4-2-10(8-13)3-5-11/h2-5,9,15H,6-7H2,1H3,(H,14,16)/t9-/m0/s1. The third kappa shape index (κ3) is 4.47. The molecule has 0 aliphatic carbocycles. The predicted molar refractivity (Wildman–Crippen MR) is 68.8 cm³/mol. The van der Waals surface area contributed by atoms with Gasteiger partial charge in [0.25, 0.3) is 0 Å². The van der Waals surface area contributed by atoms with Gasteiger partial charge in [-0.25, -0.2) is 0 Å². The van der Waals surface area contributed by atoms with Gasteiger partial charge in [0.1, 0.15) is 0 Å².